The first-order valence-corrected chi connectivity index (χ1v) is 6.31. The Morgan fingerprint density at radius 1 is 1.05 bits per heavy atom. The van der Waals surface area contributed by atoms with Gasteiger partial charge in [-0.3, -0.25) is 0 Å². The average molecular weight is 259 g/mol. The Labute approximate surface area is 113 Å². The lowest BCUT2D eigenvalue weighted by Crippen LogP contribution is -2.17. The third-order valence-electron chi connectivity index (χ3n) is 3.14. The highest BCUT2D eigenvalue weighted by Gasteiger charge is 2.05. The molecule has 0 saturated heterocycles. The zero-order valence-electron chi connectivity index (χ0n) is 11.2. The maximum atomic E-state index is 12.8. The topological polar surface area (TPSA) is 21.3 Å². The van der Waals surface area contributed by atoms with Crippen LogP contribution in [0.2, 0.25) is 0 Å². The molecule has 2 nitrogen and oxygen atoms in total. The molecule has 0 fully saturated rings. The standard InChI is InChI=1S/C16H18FNO/c1-12(14-5-9-16(19-2)10-6-14)18-11-13-3-7-15(17)8-4-13/h3-10,12,18H,11H2,1-2H3/t12-/m1/s1. The van der Waals surface area contributed by atoms with Gasteiger partial charge in [0.1, 0.15) is 11.6 Å². The Hall–Kier alpha value is -1.87. The van der Waals surface area contributed by atoms with E-state index in [1.165, 1.54) is 17.7 Å². The number of halogens is 1. The molecule has 0 amide bonds. The summed E-state index contributed by atoms with van der Waals surface area (Å²) < 4.78 is 17.9. The first-order valence-electron chi connectivity index (χ1n) is 6.31. The van der Waals surface area contributed by atoms with E-state index in [1.54, 1.807) is 19.2 Å². The molecule has 1 atom stereocenters. The van der Waals surface area contributed by atoms with Gasteiger partial charge < -0.3 is 10.1 Å². The molecule has 0 saturated carbocycles. The summed E-state index contributed by atoms with van der Waals surface area (Å²) in [5, 5.41) is 3.41. The fourth-order valence-electron chi connectivity index (χ4n) is 1.88. The van der Waals surface area contributed by atoms with E-state index < -0.39 is 0 Å². The van der Waals surface area contributed by atoms with Crippen molar-refractivity contribution in [1.29, 1.82) is 0 Å². The number of rotatable bonds is 5. The minimum Gasteiger partial charge on any atom is -0.497 e. The molecule has 3 heteroatoms. The zero-order valence-corrected chi connectivity index (χ0v) is 11.2. The summed E-state index contributed by atoms with van der Waals surface area (Å²) in [4.78, 5) is 0. The molecule has 0 aromatic heterocycles. The molecule has 2 rings (SSSR count). The van der Waals surface area contributed by atoms with Gasteiger partial charge in [-0.1, -0.05) is 24.3 Å². The number of hydrogen-bond acceptors (Lipinski definition) is 2. The summed E-state index contributed by atoms with van der Waals surface area (Å²) in [7, 11) is 1.66. The van der Waals surface area contributed by atoms with Crippen LogP contribution in [0.5, 0.6) is 5.75 Å². The van der Waals surface area contributed by atoms with E-state index in [-0.39, 0.29) is 11.9 Å². The van der Waals surface area contributed by atoms with Gasteiger partial charge in [0.25, 0.3) is 0 Å². The average Bonchev–Trinajstić information content (AvgIpc) is 2.46. The minimum absolute atomic E-state index is 0.202. The molecule has 19 heavy (non-hydrogen) atoms. The van der Waals surface area contributed by atoms with Gasteiger partial charge in [0, 0.05) is 12.6 Å². The molecular formula is C16H18FNO. The third-order valence-corrected chi connectivity index (χ3v) is 3.14. The normalized spacial score (nSPS) is 12.2. The summed E-state index contributed by atoms with van der Waals surface area (Å²) in [6.07, 6.45) is 0. The van der Waals surface area contributed by atoms with Crippen LogP contribution in [0.1, 0.15) is 24.1 Å². The van der Waals surface area contributed by atoms with E-state index in [2.05, 4.69) is 12.2 Å². The third kappa shape index (κ3) is 3.80. The van der Waals surface area contributed by atoms with Crippen molar-refractivity contribution in [2.24, 2.45) is 0 Å². The number of nitrogens with one attached hydrogen (secondary N) is 1. The van der Waals surface area contributed by atoms with Crippen LogP contribution < -0.4 is 10.1 Å². The largest absolute Gasteiger partial charge is 0.497 e. The Balaban J connectivity index is 1.93. The van der Waals surface area contributed by atoms with Crippen molar-refractivity contribution in [1.82, 2.24) is 5.32 Å². The Kier molecular flexibility index (Phi) is 4.53. The van der Waals surface area contributed by atoms with Gasteiger partial charge >= 0.3 is 0 Å². The predicted octanol–water partition coefficient (Wildman–Crippen LogP) is 3.69. The van der Waals surface area contributed by atoms with Crippen molar-refractivity contribution in [3.63, 3.8) is 0 Å². The van der Waals surface area contributed by atoms with Crippen molar-refractivity contribution in [2.75, 3.05) is 7.11 Å². The highest BCUT2D eigenvalue weighted by molar-refractivity contribution is 5.29. The Morgan fingerprint density at radius 2 is 1.68 bits per heavy atom. The summed E-state index contributed by atoms with van der Waals surface area (Å²) in [6.45, 7) is 2.82. The van der Waals surface area contributed by atoms with Gasteiger partial charge in [-0.05, 0) is 42.3 Å². The van der Waals surface area contributed by atoms with E-state index >= 15 is 0 Å². The van der Waals surface area contributed by atoms with Gasteiger partial charge in [0.05, 0.1) is 7.11 Å². The highest BCUT2D eigenvalue weighted by Crippen LogP contribution is 2.17. The molecule has 2 aromatic carbocycles. The molecular weight excluding hydrogens is 241 g/mol. The molecule has 0 aliphatic heterocycles. The quantitative estimate of drug-likeness (QED) is 0.884. The van der Waals surface area contributed by atoms with E-state index in [9.17, 15) is 4.39 Å². The molecule has 0 unspecified atom stereocenters. The number of ether oxygens (including phenoxy) is 1. The second kappa shape index (κ2) is 6.34. The van der Waals surface area contributed by atoms with Crippen molar-refractivity contribution in [2.45, 2.75) is 19.5 Å². The molecule has 0 heterocycles. The fraction of sp³-hybridized carbons (Fsp3) is 0.250. The van der Waals surface area contributed by atoms with Gasteiger partial charge in [-0.2, -0.15) is 0 Å². The van der Waals surface area contributed by atoms with Crippen molar-refractivity contribution in [3.05, 3.63) is 65.5 Å². The van der Waals surface area contributed by atoms with Gasteiger partial charge in [-0.25, -0.2) is 4.39 Å². The Bertz CT molecular complexity index is 507. The molecule has 0 aliphatic carbocycles. The SMILES string of the molecule is COc1ccc([C@@H](C)NCc2ccc(F)cc2)cc1. The number of methoxy groups -OCH3 is 1. The molecule has 0 aliphatic rings. The zero-order chi connectivity index (χ0) is 13.7. The lowest BCUT2D eigenvalue weighted by molar-refractivity contribution is 0.414. The van der Waals surface area contributed by atoms with Gasteiger partial charge in [-0.15, -0.1) is 0 Å². The van der Waals surface area contributed by atoms with Crippen LogP contribution in [0.15, 0.2) is 48.5 Å². The van der Waals surface area contributed by atoms with E-state index in [0.29, 0.717) is 6.54 Å². The van der Waals surface area contributed by atoms with Crippen LogP contribution in [0.4, 0.5) is 4.39 Å². The van der Waals surface area contributed by atoms with E-state index in [1.807, 2.05) is 24.3 Å². The molecule has 2 aromatic rings. The van der Waals surface area contributed by atoms with Gasteiger partial charge in [0.15, 0.2) is 0 Å². The predicted molar refractivity (Wildman–Crippen MR) is 74.6 cm³/mol. The second-order valence-electron chi connectivity index (χ2n) is 4.50. The van der Waals surface area contributed by atoms with Crippen molar-refractivity contribution >= 4 is 0 Å². The van der Waals surface area contributed by atoms with E-state index in [4.69, 9.17) is 4.74 Å². The number of benzene rings is 2. The Morgan fingerprint density at radius 3 is 2.26 bits per heavy atom. The van der Waals surface area contributed by atoms with Gasteiger partial charge in [0.2, 0.25) is 0 Å². The lowest BCUT2D eigenvalue weighted by Gasteiger charge is -2.14. The molecule has 100 valence electrons. The molecule has 0 bridgehead atoms. The van der Waals surface area contributed by atoms with Crippen LogP contribution in [0.25, 0.3) is 0 Å². The van der Waals surface area contributed by atoms with E-state index in [0.717, 1.165) is 11.3 Å². The van der Waals surface area contributed by atoms with Crippen LogP contribution in [-0.2, 0) is 6.54 Å². The van der Waals surface area contributed by atoms with Crippen LogP contribution in [0.3, 0.4) is 0 Å². The summed E-state index contributed by atoms with van der Waals surface area (Å²) >= 11 is 0. The highest BCUT2D eigenvalue weighted by atomic mass is 19.1. The maximum Gasteiger partial charge on any atom is 0.123 e. The fourth-order valence-corrected chi connectivity index (χ4v) is 1.88. The van der Waals surface area contributed by atoms with Crippen molar-refractivity contribution in [3.8, 4) is 5.75 Å². The first kappa shape index (κ1) is 13.6. The second-order valence-corrected chi connectivity index (χ2v) is 4.50. The minimum atomic E-state index is -0.202. The monoisotopic (exact) mass is 259 g/mol. The number of hydrogen-bond donors (Lipinski definition) is 1. The van der Waals surface area contributed by atoms with Crippen molar-refractivity contribution < 1.29 is 9.13 Å². The molecule has 0 radical (unpaired) electrons. The first-order chi connectivity index (χ1) is 9.19. The summed E-state index contributed by atoms with van der Waals surface area (Å²) in [6, 6.07) is 14.8. The molecule has 1 N–H and O–H groups in total. The maximum absolute atomic E-state index is 12.8. The summed E-state index contributed by atoms with van der Waals surface area (Å²) in [5.41, 5.74) is 2.27. The van der Waals surface area contributed by atoms with Crippen LogP contribution in [0, 0.1) is 5.82 Å². The van der Waals surface area contributed by atoms with Crippen LogP contribution in [-0.4, -0.2) is 7.11 Å². The van der Waals surface area contributed by atoms with Crippen LogP contribution >= 0.6 is 0 Å². The molecule has 0 spiro atoms. The summed E-state index contributed by atoms with van der Waals surface area (Å²) in [5.74, 6) is 0.654. The lowest BCUT2D eigenvalue weighted by atomic mass is 10.1. The smallest absolute Gasteiger partial charge is 0.123 e.